The van der Waals surface area contributed by atoms with Gasteiger partial charge in [-0.15, -0.1) is 0 Å². The SMILES string of the molecule is CC(C)c1cc2nc(Cl)c(-c3ccc(Cl)cc3)c(Cl)n2n1. The molecule has 0 aliphatic rings. The molecule has 1 aromatic carbocycles. The van der Waals surface area contributed by atoms with E-state index < -0.39 is 0 Å². The number of hydrogen-bond donors (Lipinski definition) is 0. The van der Waals surface area contributed by atoms with Crippen LogP contribution in [0.1, 0.15) is 25.5 Å². The molecule has 3 nitrogen and oxygen atoms in total. The minimum atomic E-state index is 0.292. The van der Waals surface area contributed by atoms with Gasteiger partial charge < -0.3 is 0 Å². The summed E-state index contributed by atoms with van der Waals surface area (Å²) < 4.78 is 1.62. The molecule has 0 spiro atoms. The summed E-state index contributed by atoms with van der Waals surface area (Å²) in [6.45, 7) is 4.13. The van der Waals surface area contributed by atoms with E-state index in [1.165, 1.54) is 0 Å². The third-order valence-electron chi connectivity index (χ3n) is 3.25. The van der Waals surface area contributed by atoms with Crippen LogP contribution < -0.4 is 0 Å². The molecule has 6 heteroatoms. The summed E-state index contributed by atoms with van der Waals surface area (Å²) >= 11 is 18.7. The molecule has 0 fully saturated rings. The van der Waals surface area contributed by atoms with Crippen molar-refractivity contribution in [3.63, 3.8) is 0 Å². The Bertz CT molecular complexity index is 807. The summed E-state index contributed by atoms with van der Waals surface area (Å²) in [5, 5.41) is 5.94. The van der Waals surface area contributed by atoms with Gasteiger partial charge in [0.2, 0.25) is 0 Å². The molecule has 3 aromatic rings. The highest BCUT2D eigenvalue weighted by Gasteiger charge is 2.17. The highest BCUT2D eigenvalue weighted by molar-refractivity contribution is 6.38. The van der Waals surface area contributed by atoms with Gasteiger partial charge in [-0.25, -0.2) is 9.50 Å². The summed E-state index contributed by atoms with van der Waals surface area (Å²) in [7, 11) is 0. The van der Waals surface area contributed by atoms with Crippen molar-refractivity contribution in [1.29, 1.82) is 0 Å². The molecule has 21 heavy (non-hydrogen) atoms. The van der Waals surface area contributed by atoms with Gasteiger partial charge in [-0.1, -0.05) is 60.8 Å². The average molecular weight is 341 g/mol. The predicted octanol–water partition coefficient (Wildman–Crippen LogP) is 5.48. The van der Waals surface area contributed by atoms with Gasteiger partial charge in [-0.05, 0) is 23.6 Å². The van der Waals surface area contributed by atoms with Crippen LogP contribution in [0.15, 0.2) is 30.3 Å². The minimum Gasteiger partial charge on any atom is -0.216 e. The smallest absolute Gasteiger partial charge is 0.158 e. The first kappa shape index (κ1) is 14.6. The fraction of sp³-hybridized carbons (Fsp3) is 0.200. The zero-order chi connectivity index (χ0) is 15.1. The monoisotopic (exact) mass is 339 g/mol. The molecule has 0 aliphatic carbocycles. The van der Waals surface area contributed by atoms with Crippen LogP contribution in [0, 0.1) is 0 Å². The normalized spacial score (nSPS) is 11.5. The lowest BCUT2D eigenvalue weighted by molar-refractivity contribution is 0.787. The van der Waals surface area contributed by atoms with E-state index in [1.54, 1.807) is 16.6 Å². The standard InChI is InChI=1S/C15H12Cl3N3/c1-8(2)11-7-12-19-14(17)13(15(18)21(12)20-11)9-3-5-10(16)6-4-9/h3-8H,1-2H3. The van der Waals surface area contributed by atoms with Gasteiger partial charge in [0.25, 0.3) is 0 Å². The Hall–Kier alpha value is -1.29. The van der Waals surface area contributed by atoms with Gasteiger partial charge in [0.05, 0.1) is 11.3 Å². The molecule has 2 aromatic heterocycles. The van der Waals surface area contributed by atoms with Crippen LogP contribution in [0.5, 0.6) is 0 Å². The van der Waals surface area contributed by atoms with Crippen molar-refractivity contribution in [2.45, 2.75) is 19.8 Å². The third kappa shape index (κ3) is 2.61. The molecule has 3 rings (SSSR count). The molecule has 0 saturated heterocycles. The zero-order valence-electron chi connectivity index (χ0n) is 11.4. The molecule has 0 N–H and O–H groups in total. The Morgan fingerprint density at radius 2 is 1.71 bits per heavy atom. The van der Waals surface area contributed by atoms with Crippen LogP contribution in [-0.2, 0) is 0 Å². The molecule has 2 heterocycles. The minimum absolute atomic E-state index is 0.292. The van der Waals surface area contributed by atoms with Gasteiger partial charge in [0.15, 0.2) is 5.65 Å². The van der Waals surface area contributed by atoms with E-state index in [4.69, 9.17) is 34.8 Å². The Balaban J connectivity index is 2.25. The number of rotatable bonds is 2. The maximum absolute atomic E-state index is 6.48. The Morgan fingerprint density at radius 3 is 2.33 bits per heavy atom. The van der Waals surface area contributed by atoms with Crippen LogP contribution in [-0.4, -0.2) is 14.6 Å². The number of nitrogens with zero attached hydrogens (tertiary/aromatic N) is 3. The van der Waals surface area contributed by atoms with E-state index in [9.17, 15) is 0 Å². The van der Waals surface area contributed by atoms with E-state index in [1.807, 2.05) is 18.2 Å². The molecule has 0 bridgehead atoms. The van der Waals surface area contributed by atoms with Gasteiger partial charge in [0, 0.05) is 11.1 Å². The van der Waals surface area contributed by atoms with E-state index in [2.05, 4.69) is 23.9 Å². The van der Waals surface area contributed by atoms with Crippen molar-refractivity contribution >= 4 is 40.4 Å². The first-order chi connectivity index (χ1) is 9.97. The molecule has 0 unspecified atom stereocenters. The van der Waals surface area contributed by atoms with Crippen LogP contribution in [0.4, 0.5) is 0 Å². The predicted molar refractivity (Wildman–Crippen MR) is 87.5 cm³/mol. The fourth-order valence-electron chi connectivity index (χ4n) is 2.10. The highest BCUT2D eigenvalue weighted by atomic mass is 35.5. The number of benzene rings is 1. The molecular formula is C15H12Cl3N3. The van der Waals surface area contributed by atoms with Crippen molar-refractivity contribution in [3.05, 3.63) is 51.4 Å². The zero-order valence-corrected chi connectivity index (χ0v) is 13.7. The van der Waals surface area contributed by atoms with E-state index >= 15 is 0 Å². The van der Waals surface area contributed by atoms with Gasteiger partial charge in [-0.3, -0.25) is 0 Å². The molecular weight excluding hydrogens is 329 g/mol. The second-order valence-corrected chi connectivity index (χ2v) is 6.22. The quantitative estimate of drug-likeness (QED) is 0.578. The largest absolute Gasteiger partial charge is 0.216 e. The number of fused-ring (bicyclic) bond motifs is 1. The Labute approximate surface area is 137 Å². The fourth-order valence-corrected chi connectivity index (χ4v) is 2.88. The van der Waals surface area contributed by atoms with Crippen LogP contribution in [0.2, 0.25) is 15.3 Å². The molecule has 108 valence electrons. The highest BCUT2D eigenvalue weighted by Crippen LogP contribution is 2.35. The van der Waals surface area contributed by atoms with Crippen molar-refractivity contribution < 1.29 is 0 Å². The summed E-state index contributed by atoms with van der Waals surface area (Å²) in [5.41, 5.74) is 3.08. The van der Waals surface area contributed by atoms with Gasteiger partial charge in [-0.2, -0.15) is 5.10 Å². The van der Waals surface area contributed by atoms with Crippen LogP contribution in [0.25, 0.3) is 16.8 Å². The topological polar surface area (TPSA) is 30.2 Å². The van der Waals surface area contributed by atoms with Gasteiger partial charge >= 0.3 is 0 Å². The van der Waals surface area contributed by atoms with Crippen LogP contribution >= 0.6 is 34.8 Å². The lowest BCUT2D eigenvalue weighted by Gasteiger charge is -2.08. The van der Waals surface area contributed by atoms with Crippen molar-refractivity contribution in [1.82, 2.24) is 14.6 Å². The molecule has 0 atom stereocenters. The number of aromatic nitrogens is 3. The maximum atomic E-state index is 6.48. The summed E-state index contributed by atoms with van der Waals surface area (Å²) in [5.74, 6) is 0.292. The van der Waals surface area contributed by atoms with E-state index in [0.29, 0.717) is 32.5 Å². The second kappa shape index (κ2) is 5.48. The summed E-state index contributed by atoms with van der Waals surface area (Å²) in [4.78, 5) is 4.39. The Kier molecular flexibility index (Phi) is 3.82. The van der Waals surface area contributed by atoms with E-state index in [-0.39, 0.29) is 0 Å². The first-order valence-corrected chi connectivity index (χ1v) is 7.61. The molecule has 0 aliphatic heterocycles. The van der Waals surface area contributed by atoms with Crippen molar-refractivity contribution in [2.75, 3.05) is 0 Å². The van der Waals surface area contributed by atoms with Gasteiger partial charge in [0.1, 0.15) is 10.3 Å². The molecule has 0 amide bonds. The Morgan fingerprint density at radius 1 is 1.05 bits per heavy atom. The van der Waals surface area contributed by atoms with Crippen molar-refractivity contribution in [2.24, 2.45) is 0 Å². The summed E-state index contributed by atoms with van der Waals surface area (Å²) in [6, 6.07) is 9.19. The second-order valence-electron chi connectivity index (χ2n) is 5.07. The van der Waals surface area contributed by atoms with Crippen molar-refractivity contribution in [3.8, 4) is 11.1 Å². The first-order valence-electron chi connectivity index (χ1n) is 6.48. The molecule has 0 saturated carbocycles. The van der Waals surface area contributed by atoms with E-state index in [0.717, 1.165) is 11.3 Å². The number of halogens is 3. The average Bonchev–Trinajstić information content (AvgIpc) is 2.85. The molecule has 0 radical (unpaired) electrons. The lowest BCUT2D eigenvalue weighted by Crippen LogP contribution is -1.97. The lowest BCUT2D eigenvalue weighted by atomic mass is 10.1. The number of hydrogen-bond acceptors (Lipinski definition) is 2. The maximum Gasteiger partial charge on any atom is 0.158 e. The third-order valence-corrected chi connectivity index (χ3v) is 4.12. The summed E-state index contributed by atoms with van der Waals surface area (Å²) in [6.07, 6.45) is 0. The van der Waals surface area contributed by atoms with Crippen LogP contribution in [0.3, 0.4) is 0 Å².